The molecule has 0 aliphatic rings. The molecule has 2 aromatic rings. The first kappa shape index (κ1) is 13.8. The second-order valence-electron chi connectivity index (χ2n) is 4.11. The lowest BCUT2D eigenvalue weighted by Gasteiger charge is -2.04. The topological polar surface area (TPSA) is 106 Å². The van der Waals surface area contributed by atoms with Crippen molar-refractivity contribution in [2.45, 2.75) is 13.1 Å². The first-order valence-corrected chi connectivity index (χ1v) is 5.81. The van der Waals surface area contributed by atoms with Gasteiger partial charge in [0, 0.05) is 30.8 Å². The molecule has 0 radical (unpaired) electrons. The van der Waals surface area contributed by atoms with Crippen LogP contribution >= 0.6 is 0 Å². The number of hydrogen-bond donors (Lipinski definition) is 2. The zero-order valence-electron chi connectivity index (χ0n) is 10.4. The molecular formula is C13H12N2O5. The Morgan fingerprint density at radius 3 is 2.85 bits per heavy atom. The van der Waals surface area contributed by atoms with Crippen LogP contribution in [0.3, 0.4) is 0 Å². The average Bonchev–Trinajstić information content (AvgIpc) is 2.87. The molecule has 2 rings (SSSR count). The highest BCUT2D eigenvalue weighted by molar-refractivity contribution is 5.86. The van der Waals surface area contributed by atoms with E-state index in [1.807, 2.05) is 0 Å². The minimum Gasteiger partial charge on any atom is -0.475 e. The smallest absolute Gasteiger partial charge is 0.372 e. The molecule has 1 heterocycles. The molecule has 104 valence electrons. The monoisotopic (exact) mass is 276 g/mol. The number of carboxylic acids is 1. The number of nitrogens with zero attached hydrogens (tertiary/aromatic N) is 1. The molecule has 0 aliphatic heterocycles. The van der Waals surface area contributed by atoms with Crippen molar-refractivity contribution in [1.82, 2.24) is 5.32 Å². The van der Waals surface area contributed by atoms with E-state index >= 15 is 0 Å². The summed E-state index contributed by atoms with van der Waals surface area (Å²) in [6.45, 7) is 0.701. The largest absolute Gasteiger partial charge is 0.475 e. The van der Waals surface area contributed by atoms with Crippen molar-refractivity contribution < 1.29 is 19.2 Å². The fourth-order valence-electron chi connectivity index (χ4n) is 1.78. The van der Waals surface area contributed by atoms with Gasteiger partial charge >= 0.3 is 5.97 Å². The van der Waals surface area contributed by atoms with E-state index in [1.54, 1.807) is 18.2 Å². The fraction of sp³-hybridized carbons (Fsp3) is 0.154. The minimum atomic E-state index is -1.12. The van der Waals surface area contributed by atoms with Crippen molar-refractivity contribution in [2.75, 3.05) is 0 Å². The predicted molar refractivity (Wildman–Crippen MR) is 69.3 cm³/mol. The molecule has 0 saturated carbocycles. The summed E-state index contributed by atoms with van der Waals surface area (Å²) >= 11 is 0. The Kier molecular flexibility index (Phi) is 4.11. The number of nitro groups is 1. The van der Waals surface area contributed by atoms with E-state index in [9.17, 15) is 14.9 Å². The van der Waals surface area contributed by atoms with Crippen LogP contribution in [0.4, 0.5) is 5.69 Å². The van der Waals surface area contributed by atoms with Gasteiger partial charge in [-0.1, -0.05) is 12.1 Å². The molecule has 0 bridgehead atoms. The molecule has 0 spiro atoms. The Morgan fingerprint density at radius 2 is 2.15 bits per heavy atom. The zero-order valence-corrected chi connectivity index (χ0v) is 10.4. The second kappa shape index (κ2) is 5.98. The number of furan rings is 1. The summed E-state index contributed by atoms with van der Waals surface area (Å²) in [6.07, 6.45) is 1.31. The Balaban J connectivity index is 1.96. The van der Waals surface area contributed by atoms with E-state index in [0.717, 1.165) is 5.56 Å². The van der Waals surface area contributed by atoms with Crippen LogP contribution in [0.15, 0.2) is 41.0 Å². The van der Waals surface area contributed by atoms with E-state index in [0.29, 0.717) is 18.7 Å². The standard InChI is InChI=1S/C13H12N2O5/c16-13(17)12-10(4-5-20-12)8-14-7-9-2-1-3-11(6-9)15(18)19/h1-6,14H,7-8H2,(H,16,17). The Labute approximate surface area is 114 Å². The number of nitro benzene ring substituents is 1. The number of non-ortho nitro benzene ring substituents is 1. The molecule has 7 nitrogen and oxygen atoms in total. The van der Waals surface area contributed by atoms with Gasteiger partial charge in [-0.25, -0.2) is 4.79 Å². The third-order valence-corrected chi connectivity index (χ3v) is 2.71. The van der Waals surface area contributed by atoms with Gasteiger partial charge < -0.3 is 14.8 Å². The fourth-order valence-corrected chi connectivity index (χ4v) is 1.78. The number of hydrogen-bond acceptors (Lipinski definition) is 5. The Bertz CT molecular complexity index is 635. The lowest BCUT2D eigenvalue weighted by molar-refractivity contribution is -0.384. The van der Waals surface area contributed by atoms with Crippen LogP contribution in [-0.2, 0) is 13.1 Å². The summed E-state index contributed by atoms with van der Waals surface area (Å²) in [6, 6.07) is 7.83. The van der Waals surface area contributed by atoms with Crippen LogP contribution < -0.4 is 5.32 Å². The minimum absolute atomic E-state index is 0.0267. The maximum Gasteiger partial charge on any atom is 0.372 e. The van der Waals surface area contributed by atoms with Gasteiger partial charge in [-0.2, -0.15) is 0 Å². The molecule has 0 atom stereocenters. The van der Waals surface area contributed by atoms with E-state index in [2.05, 4.69) is 5.32 Å². The van der Waals surface area contributed by atoms with Gasteiger partial charge in [-0.3, -0.25) is 10.1 Å². The number of rotatable bonds is 6. The SMILES string of the molecule is O=C(O)c1occc1CNCc1cccc([N+](=O)[O-])c1. The number of carbonyl (C=O) groups is 1. The number of aromatic carboxylic acids is 1. The summed E-state index contributed by atoms with van der Waals surface area (Å²) in [5.41, 5.74) is 1.31. The third-order valence-electron chi connectivity index (χ3n) is 2.71. The van der Waals surface area contributed by atoms with Crippen LogP contribution in [0, 0.1) is 10.1 Å². The number of carboxylic acid groups (broad SMARTS) is 1. The first-order chi connectivity index (χ1) is 9.58. The van der Waals surface area contributed by atoms with Crippen LogP contribution in [0.25, 0.3) is 0 Å². The van der Waals surface area contributed by atoms with Gasteiger partial charge in [0.05, 0.1) is 11.2 Å². The van der Waals surface area contributed by atoms with Gasteiger partial charge in [0.15, 0.2) is 0 Å². The molecule has 0 amide bonds. The van der Waals surface area contributed by atoms with Gasteiger partial charge in [-0.15, -0.1) is 0 Å². The maximum atomic E-state index is 10.8. The van der Waals surface area contributed by atoms with Crippen LogP contribution in [0.5, 0.6) is 0 Å². The van der Waals surface area contributed by atoms with Crippen molar-refractivity contribution in [1.29, 1.82) is 0 Å². The van der Waals surface area contributed by atoms with Crippen LogP contribution in [0.1, 0.15) is 21.7 Å². The molecule has 0 saturated heterocycles. The Morgan fingerprint density at radius 1 is 1.35 bits per heavy atom. The quantitative estimate of drug-likeness (QED) is 0.618. The number of benzene rings is 1. The van der Waals surface area contributed by atoms with Gasteiger partial charge in [0.2, 0.25) is 5.76 Å². The summed E-state index contributed by atoms with van der Waals surface area (Å²) in [5, 5.41) is 22.5. The van der Waals surface area contributed by atoms with E-state index in [4.69, 9.17) is 9.52 Å². The van der Waals surface area contributed by atoms with Crippen molar-refractivity contribution in [3.8, 4) is 0 Å². The second-order valence-corrected chi connectivity index (χ2v) is 4.11. The predicted octanol–water partition coefficient (Wildman–Crippen LogP) is 2.18. The molecule has 7 heteroatoms. The molecule has 0 aliphatic carbocycles. The molecule has 0 unspecified atom stereocenters. The van der Waals surface area contributed by atoms with Crippen LogP contribution in [-0.4, -0.2) is 16.0 Å². The Hall–Kier alpha value is -2.67. The summed E-state index contributed by atoms with van der Waals surface area (Å²) in [4.78, 5) is 21.0. The van der Waals surface area contributed by atoms with Gasteiger partial charge in [0.25, 0.3) is 5.69 Å². The highest BCUT2D eigenvalue weighted by Crippen LogP contribution is 2.14. The highest BCUT2D eigenvalue weighted by Gasteiger charge is 2.13. The van der Waals surface area contributed by atoms with Crippen LogP contribution in [0.2, 0.25) is 0 Å². The molecule has 2 N–H and O–H groups in total. The van der Waals surface area contributed by atoms with Gasteiger partial charge in [0.1, 0.15) is 0 Å². The van der Waals surface area contributed by atoms with Crippen molar-refractivity contribution >= 4 is 11.7 Å². The zero-order chi connectivity index (χ0) is 14.5. The highest BCUT2D eigenvalue weighted by atomic mass is 16.6. The third kappa shape index (κ3) is 3.21. The lowest BCUT2D eigenvalue weighted by atomic mass is 10.2. The summed E-state index contributed by atoms with van der Waals surface area (Å²) in [7, 11) is 0. The number of nitrogens with one attached hydrogen (secondary N) is 1. The molecule has 20 heavy (non-hydrogen) atoms. The molecule has 0 fully saturated rings. The van der Waals surface area contributed by atoms with Gasteiger partial charge in [-0.05, 0) is 11.6 Å². The molecular weight excluding hydrogens is 264 g/mol. The summed E-state index contributed by atoms with van der Waals surface area (Å²) in [5.74, 6) is -1.22. The van der Waals surface area contributed by atoms with Crippen molar-refractivity contribution in [3.63, 3.8) is 0 Å². The molecule has 1 aromatic heterocycles. The average molecular weight is 276 g/mol. The van der Waals surface area contributed by atoms with E-state index in [-0.39, 0.29) is 11.4 Å². The van der Waals surface area contributed by atoms with Crippen molar-refractivity contribution in [3.05, 3.63) is 63.6 Å². The summed E-state index contributed by atoms with van der Waals surface area (Å²) < 4.78 is 4.85. The lowest BCUT2D eigenvalue weighted by Crippen LogP contribution is -2.14. The molecule has 1 aromatic carbocycles. The van der Waals surface area contributed by atoms with Crippen molar-refractivity contribution in [2.24, 2.45) is 0 Å². The normalized spacial score (nSPS) is 10.4. The van der Waals surface area contributed by atoms with E-state index < -0.39 is 10.9 Å². The van der Waals surface area contributed by atoms with E-state index in [1.165, 1.54) is 18.4 Å². The maximum absolute atomic E-state index is 10.8. The first-order valence-electron chi connectivity index (χ1n) is 5.81.